The van der Waals surface area contributed by atoms with Crippen molar-refractivity contribution in [3.05, 3.63) is 47.6 Å². The average molecular weight is 882 g/mol. The van der Waals surface area contributed by atoms with Crippen LogP contribution in [0.4, 0.5) is 0 Å². The van der Waals surface area contributed by atoms with Gasteiger partial charge in [0.15, 0.2) is 0 Å². The van der Waals surface area contributed by atoms with E-state index in [-0.39, 0.29) is 66.6 Å². The van der Waals surface area contributed by atoms with E-state index in [9.17, 15) is 39.3 Å². The molecule has 4 rings (SSSR count). The molecule has 1 aliphatic carbocycles. The van der Waals surface area contributed by atoms with Crippen LogP contribution in [-0.2, 0) is 38.2 Å². The van der Waals surface area contributed by atoms with Gasteiger partial charge >= 0.3 is 5.97 Å². The smallest absolute Gasteiger partial charge is 0.329 e. The number of esters is 1. The van der Waals surface area contributed by atoms with Crippen molar-refractivity contribution < 1.29 is 53.5 Å². The molecule has 3 N–H and O–H groups in total. The van der Waals surface area contributed by atoms with Crippen LogP contribution in [0.15, 0.2) is 47.6 Å². The van der Waals surface area contributed by atoms with Crippen molar-refractivity contribution in [2.75, 3.05) is 13.7 Å². The number of aliphatic hydroxyl groups excluding tert-OH is 2. The molecule has 1 saturated carbocycles. The second-order valence-electron chi connectivity index (χ2n) is 19.9. The molecule has 2 saturated heterocycles. The van der Waals surface area contributed by atoms with Gasteiger partial charge in [-0.3, -0.25) is 19.2 Å². The zero-order valence-corrected chi connectivity index (χ0v) is 39.8. The molecular weight excluding hydrogens is 803 g/mol. The van der Waals surface area contributed by atoms with Gasteiger partial charge in [-0.15, -0.1) is 0 Å². The Kier molecular flexibility index (Phi) is 19.7. The third kappa shape index (κ3) is 13.9. The number of hydrogen-bond donors (Lipinski definition) is 3. The fraction of sp³-hybridized carbons (Fsp3) is 0.745. The van der Waals surface area contributed by atoms with Crippen molar-refractivity contribution in [1.29, 1.82) is 0 Å². The second-order valence-corrected chi connectivity index (χ2v) is 19.9. The third-order valence-corrected chi connectivity index (χ3v) is 14.6. The highest BCUT2D eigenvalue weighted by Crippen LogP contribution is 2.38. The van der Waals surface area contributed by atoms with E-state index < -0.39 is 71.7 Å². The van der Waals surface area contributed by atoms with Gasteiger partial charge in [-0.25, -0.2) is 4.79 Å². The highest BCUT2D eigenvalue weighted by molar-refractivity contribution is 6.39. The van der Waals surface area contributed by atoms with Gasteiger partial charge in [0, 0.05) is 50.2 Å². The monoisotopic (exact) mass is 882 g/mol. The van der Waals surface area contributed by atoms with E-state index in [2.05, 4.69) is 0 Å². The number of Topliss-reactive ketones (excluding diaryl/α,β-unsaturated/α-hetero) is 3. The minimum absolute atomic E-state index is 0.0599. The first kappa shape index (κ1) is 52.3. The highest BCUT2D eigenvalue weighted by Gasteiger charge is 2.53. The number of fused-ring (bicyclic) bond motifs is 3. The molecular formula is C51H79NO11. The summed E-state index contributed by atoms with van der Waals surface area (Å²) < 4.78 is 18.3. The molecule has 12 nitrogen and oxygen atoms in total. The van der Waals surface area contributed by atoms with Crippen LogP contribution in [0.25, 0.3) is 0 Å². The summed E-state index contributed by atoms with van der Waals surface area (Å²) in [6, 6.07) is -1.10. The Bertz CT molecular complexity index is 1720. The molecule has 3 heterocycles. The van der Waals surface area contributed by atoms with Crippen LogP contribution in [-0.4, -0.2) is 105 Å². The lowest BCUT2D eigenvalue weighted by atomic mass is 9.75. The number of rotatable bonds is 4. The van der Waals surface area contributed by atoms with Gasteiger partial charge in [-0.2, -0.15) is 0 Å². The van der Waals surface area contributed by atoms with Gasteiger partial charge in [0.25, 0.3) is 11.7 Å². The van der Waals surface area contributed by atoms with Crippen LogP contribution >= 0.6 is 0 Å². The second kappa shape index (κ2) is 23.8. The number of allylic oxidation sites excluding steroid dienone is 6. The molecule has 2 unspecified atom stereocenters. The number of methoxy groups -OCH3 is 1. The maximum atomic E-state index is 14.3. The summed E-state index contributed by atoms with van der Waals surface area (Å²) in [5.41, 5.74) is 1.40. The zero-order chi connectivity index (χ0) is 46.8. The molecule has 2 bridgehead atoms. The van der Waals surface area contributed by atoms with Gasteiger partial charge < -0.3 is 34.4 Å². The van der Waals surface area contributed by atoms with Crippen molar-refractivity contribution in [2.24, 2.45) is 47.3 Å². The van der Waals surface area contributed by atoms with Crippen molar-refractivity contribution in [3.8, 4) is 0 Å². The Hall–Kier alpha value is -3.29. The normalized spacial score (nSPS) is 41.3. The van der Waals surface area contributed by atoms with Crippen molar-refractivity contribution in [2.45, 2.75) is 182 Å². The maximum Gasteiger partial charge on any atom is 0.329 e. The van der Waals surface area contributed by atoms with Crippen LogP contribution in [0.3, 0.4) is 0 Å². The number of cyclic esters (lactones) is 1. The number of aliphatic hydroxyl groups is 3. The summed E-state index contributed by atoms with van der Waals surface area (Å²) in [5, 5.41) is 33.7. The molecule has 0 aromatic carbocycles. The van der Waals surface area contributed by atoms with Gasteiger partial charge in [0.1, 0.15) is 23.7 Å². The zero-order valence-electron chi connectivity index (χ0n) is 39.8. The number of hydrogen-bond acceptors (Lipinski definition) is 11. The Morgan fingerprint density at radius 1 is 0.873 bits per heavy atom. The summed E-state index contributed by atoms with van der Waals surface area (Å²) in [7, 11) is 1.59. The Morgan fingerprint density at radius 2 is 1.59 bits per heavy atom. The number of amides is 1. The number of carbonyl (C=O) groups excluding carboxylic acids is 5. The predicted octanol–water partition coefficient (Wildman–Crippen LogP) is 7.42. The van der Waals surface area contributed by atoms with Crippen molar-refractivity contribution in [3.63, 3.8) is 0 Å². The quantitative estimate of drug-likeness (QED) is 0.146. The van der Waals surface area contributed by atoms with Gasteiger partial charge in [-0.05, 0) is 113 Å². The van der Waals surface area contributed by atoms with Crippen LogP contribution in [0.2, 0.25) is 0 Å². The first-order chi connectivity index (χ1) is 29.7. The summed E-state index contributed by atoms with van der Waals surface area (Å²) in [5.74, 6) is -7.70. The summed E-state index contributed by atoms with van der Waals surface area (Å²) in [6.07, 6.45) is 14.2. The standard InChI is InChI=1S/C51H79NO11/c1-30-16-12-11-13-17-31(2)44(61-10)28-40-21-19-37(8)51(60,63-40)48(57)49(58)52-23-15-14-18-41(52)50(59)62-45(34(5)27-39-20-22-42(53)33(4)26-39)29-43(54)32(3)25-36(7)47(56)38(9)46(55)35(6)24-30/h11-13,16-17,25,30,32-35,37-42,44-45,47,53,56,60H,14-15,18-24,26-29H2,1-10H3/b13-11+,16-12+,31-17+,36-25+/t30-,32-,33-,34-,35-,37-,38+,39?,40+,41+,42-,44+,45?,47-,51-/m1/s1. The largest absolute Gasteiger partial charge is 0.460 e. The van der Waals surface area contributed by atoms with Gasteiger partial charge in [0.2, 0.25) is 5.79 Å². The van der Waals surface area contributed by atoms with Crippen LogP contribution in [0.5, 0.6) is 0 Å². The SMILES string of the molecule is CO[C@H]1C[C@@H]2CC[C@@H](C)[C@@](O)(O2)C(=O)C(=O)N2CCCC[C@H]2C(=O)OC([C@H](C)CC2CC[C@@H](O)[C@H](C)C2)CC(=O)[C@H](C)/C=C(\C)[C@@H](O)[C@@H](C)C(=O)[C@H](C)C[C@H](C)/C=C/C=C/C=C/1C. The lowest BCUT2D eigenvalue weighted by Gasteiger charge is -2.42. The minimum atomic E-state index is -2.41. The molecule has 12 heteroatoms. The molecule has 63 heavy (non-hydrogen) atoms. The molecule has 1 amide bonds. The first-order valence-corrected chi connectivity index (χ1v) is 23.8. The number of nitrogens with zero attached hydrogens (tertiary/aromatic N) is 1. The molecule has 15 atom stereocenters. The molecule has 0 radical (unpaired) electrons. The summed E-state index contributed by atoms with van der Waals surface area (Å²) in [6.45, 7) is 16.8. The fourth-order valence-electron chi connectivity index (χ4n) is 10.2. The van der Waals surface area contributed by atoms with Crippen LogP contribution in [0.1, 0.15) is 139 Å². The third-order valence-electron chi connectivity index (χ3n) is 14.6. The molecule has 0 spiro atoms. The topological polar surface area (TPSA) is 177 Å². The molecule has 0 aromatic rings. The Balaban J connectivity index is 1.68. The average Bonchev–Trinajstić information content (AvgIpc) is 3.25. The van der Waals surface area contributed by atoms with Crippen LogP contribution in [0, 0.1) is 47.3 Å². The number of ether oxygens (including phenoxy) is 3. The molecule has 0 aromatic heterocycles. The van der Waals surface area contributed by atoms with E-state index in [4.69, 9.17) is 14.2 Å². The van der Waals surface area contributed by atoms with E-state index >= 15 is 0 Å². The Morgan fingerprint density at radius 3 is 2.27 bits per heavy atom. The molecule has 3 aliphatic heterocycles. The fourth-order valence-corrected chi connectivity index (χ4v) is 10.2. The maximum absolute atomic E-state index is 14.3. The van der Waals surface area contributed by atoms with E-state index in [1.165, 1.54) is 4.90 Å². The minimum Gasteiger partial charge on any atom is -0.460 e. The molecule has 354 valence electrons. The first-order valence-electron chi connectivity index (χ1n) is 23.8. The lowest BCUT2D eigenvalue weighted by Crippen LogP contribution is -2.61. The summed E-state index contributed by atoms with van der Waals surface area (Å²) >= 11 is 0. The van der Waals surface area contributed by atoms with Gasteiger partial charge in [0.05, 0.1) is 24.4 Å². The number of carbonyl (C=O) groups is 5. The molecule has 3 fully saturated rings. The highest BCUT2D eigenvalue weighted by atomic mass is 16.6. The Labute approximate surface area is 376 Å². The van der Waals surface area contributed by atoms with Crippen molar-refractivity contribution >= 4 is 29.2 Å². The number of ketones is 3. The van der Waals surface area contributed by atoms with E-state index in [1.807, 2.05) is 65.0 Å². The lowest BCUT2D eigenvalue weighted by molar-refractivity contribution is -0.265. The number of piperidine rings is 1. The van der Waals surface area contributed by atoms with E-state index in [1.54, 1.807) is 40.9 Å². The van der Waals surface area contributed by atoms with Gasteiger partial charge in [-0.1, -0.05) is 84.9 Å². The summed E-state index contributed by atoms with van der Waals surface area (Å²) in [4.78, 5) is 71.5. The molecule has 4 aliphatic rings. The van der Waals surface area contributed by atoms with Crippen LogP contribution < -0.4 is 0 Å². The van der Waals surface area contributed by atoms with E-state index in [0.717, 1.165) is 18.4 Å². The van der Waals surface area contributed by atoms with Crippen molar-refractivity contribution in [1.82, 2.24) is 4.90 Å². The van der Waals surface area contributed by atoms with E-state index in [0.29, 0.717) is 56.9 Å². The predicted molar refractivity (Wildman–Crippen MR) is 242 cm³/mol.